The SMILES string of the molecule is COc1ccccc1N1C(=O)NC(=O)/C(=C/c2cc(Br)cc(Br)c2OC(=O)c2ccc3c(c2)OCO3)C1=O. The van der Waals surface area contributed by atoms with Crippen LogP contribution < -0.4 is 29.2 Å². The van der Waals surface area contributed by atoms with Crippen molar-refractivity contribution in [3.05, 3.63) is 80.2 Å². The van der Waals surface area contributed by atoms with E-state index in [4.69, 9.17) is 18.9 Å². The largest absolute Gasteiger partial charge is 0.495 e. The second-order valence-corrected chi connectivity index (χ2v) is 9.66. The lowest BCUT2D eigenvalue weighted by atomic mass is 10.1. The molecule has 2 aliphatic rings. The molecule has 2 aliphatic heterocycles. The maximum Gasteiger partial charge on any atom is 0.343 e. The molecule has 1 saturated heterocycles. The van der Waals surface area contributed by atoms with Gasteiger partial charge in [-0.2, -0.15) is 0 Å². The number of urea groups is 1. The number of methoxy groups -OCH3 is 1. The van der Waals surface area contributed by atoms with Gasteiger partial charge in [-0.15, -0.1) is 0 Å². The summed E-state index contributed by atoms with van der Waals surface area (Å²) in [5, 5.41) is 2.17. The third kappa shape index (κ3) is 4.75. The lowest BCUT2D eigenvalue weighted by molar-refractivity contribution is -0.122. The van der Waals surface area contributed by atoms with Gasteiger partial charge in [0.1, 0.15) is 11.3 Å². The van der Waals surface area contributed by atoms with Gasteiger partial charge in [-0.05, 0) is 64.5 Å². The number of barbiturate groups is 1. The topological polar surface area (TPSA) is 120 Å². The number of carbonyl (C=O) groups is 4. The fourth-order valence-corrected chi connectivity index (χ4v) is 5.16. The number of imide groups is 2. The number of hydrogen-bond acceptors (Lipinski definition) is 8. The Balaban J connectivity index is 1.53. The summed E-state index contributed by atoms with van der Waals surface area (Å²) in [7, 11) is 1.40. The Morgan fingerprint density at radius 1 is 1.03 bits per heavy atom. The molecule has 1 N–H and O–H groups in total. The second kappa shape index (κ2) is 10.3. The first-order valence-corrected chi connectivity index (χ1v) is 12.5. The van der Waals surface area contributed by atoms with E-state index in [9.17, 15) is 19.2 Å². The van der Waals surface area contributed by atoms with Crippen molar-refractivity contribution in [2.45, 2.75) is 0 Å². The number of benzene rings is 3. The molecule has 2 heterocycles. The average Bonchev–Trinajstić information content (AvgIpc) is 3.36. The molecule has 3 aromatic rings. The van der Waals surface area contributed by atoms with Crippen molar-refractivity contribution in [3.63, 3.8) is 0 Å². The van der Waals surface area contributed by atoms with Crippen LogP contribution in [0, 0.1) is 0 Å². The minimum absolute atomic E-state index is 0.0460. The minimum atomic E-state index is -0.925. The second-order valence-electron chi connectivity index (χ2n) is 7.89. The molecule has 0 aliphatic carbocycles. The predicted molar refractivity (Wildman–Crippen MR) is 141 cm³/mol. The van der Waals surface area contributed by atoms with Crippen LogP contribution in [0.25, 0.3) is 6.08 Å². The summed E-state index contributed by atoms with van der Waals surface area (Å²) in [5.74, 6) is -1.29. The third-order valence-corrected chi connectivity index (χ3v) is 6.61. The quantitative estimate of drug-likeness (QED) is 0.182. The maximum absolute atomic E-state index is 13.4. The Kier molecular flexibility index (Phi) is 6.91. The number of nitrogens with one attached hydrogen (secondary N) is 1. The summed E-state index contributed by atoms with van der Waals surface area (Å²) in [6.07, 6.45) is 1.24. The van der Waals surface area contributed by atoms with Crippen LogP contribution in [0.5, 0.6) is 23.0 Å². The average molecular weight is 644 g/mol. The Morgan fingerprint density at radius 2 is 1.79 bits per heavy atom. The van der Waals surface area contributed by atoms with Crippen LogP contribution in [0.1, 0.15) is 15.9 Å². The summed E-state index contributed by atoms with van der Waals surface area (Å²) in [6.45, 7) is 0.0499. The molecule has 4 amide bonds. The molecule has 3 aromatic carbocycles. The van der Waals surface area contributed by atoms with Gasteiger partial charge in [0.05, 0.1) is 22.8 Å². The fourth-order valence-electron chi connectivity index (χ4n) is 3.82. The van der Waals surface area contributed by atoms with Crippen LogP contribution in [0.3, 0.4) is 0 Å². The van der Waals surface area contributed by atoms with Crippen molar-refractivity contribution >= 4 is 67.4 Å². The molecule has 38 heavy (non-hydrogen) atoms. The summed E-state index contributed by atoms with van der Waals surface area (Å²) >= 11 is 6.74. The molecule has 0 unspecified atom stereocenters. The molecule has 10 nitrogen and oxygen atoms in total. The highest BCUT2D eigenvalue weighted by Crippen LogP contribution is 2.37. The molecule has 0 atom stereocenters. The van der Waals surface area contributed by atoms with Gasteiger partial charge in [-0.25, -0.2) is 14.5 Å². The van der Waals surface area contributed by atoms with Gasteiger partial charge >= 0.3 is 12.0 Å². The molecule has 1 fully saturated rings. The van der Waals surface area contributed by atoms with E-state index in [0.29, 0.717) is 20.4 Å². The highest BCUT2D eigenvalue weighted by Gasteiger charge is 2.38. The molecule has 12 heteroatoms. The first-order chi connectivity index (χ1) is 18.3. The van der Waals surface area contributed by atoms with E-state index in [1.165, 1.54) is 31.4 Å². The highest BCUT2D eigenvalue weighted by molar-refractivity contribution is 9.11. The van der Waals surface area contributed by atoms with E-state index in [0.717, 1.165) is 4.90 Å². The first-order valence-electron chi connectivity index (χ1n) is 10.9. The van der Waals surface area contributed by atoms with Gasteiger partial charge < -0.3 is 18.9 Å². The van der Waals surface area contributed by atoms with Crippen LogP contribution in [0.15, 0.2) is 69.1 Å². The van der Waals surface area contributed by atoms with Gasteiger partial charge in [-0.1, -0.05) is 28.1 Å². The molecular weight excluding hydrogens is 628 g/mol. The van der Waals surface area contributed by atoms with E-state index in [-0.39, 0.29) is 40.7 Å². The number of halogens is 2. The number of hydrogen-bond donors (Lipinski definition) is 1. The first kappa shape index (κ1) is 25.5. The molecule has 0 aromatic heterocycles. The Hall–Kier alpha value is -4.16. The molecule has 0 bridgehead atoms. The van der Waals surface area contributed by atoms with Gasteiger partial charge in [-0.3, -0.25) is 14.9 Å². The molecule has 5 rings (SSSR count). The van der Waals surface area contributed by atoms with Crippen molar-refractivity contribution in [3.8, 4) is 23.0 Å². The normalized spacial score (nSPS) is 15.5. The number of esters is 1. The van der Waals surface area contributed by atoms with Crippen LogP contribution >= 0.6 is 31.9 Å². The Labute approximate surface area is 232 Å². The number of rotatable bonds is 5. The molecular formula is C26H16Br2N2O8. The summed E-state index contributed by atoms with van der Waals surface area (Å²) in [4.78, 5) is 52.6. The fraction of sp³-hybridized carbons (Fsp3) is 0.0769. The van der Waals surface area contributed by atoms with Crippen molar-refractivity contribution in [1.29, 1.82) is 0 Å². The summed E-state index contributed by atoms with van der Waals surface area (Å²) < 4.78 is 22.5. The number of para-hydroxylation sites is 2. The minimum Gasteiger partial charge on any atom is -0.495 e. The number of ether oxygens (including phenoxy) is 4. The standard InChI is InChI=1S/C26H16Br2N2O8/c1-35-19-5-3-2-4-18(19)30-24(32)16(23(31)29-26(30)34)9-14-8-15(27)11-17(28)22(14)38-25(33)13-6-7-20-21(10-13)37-12-36-20/h2-11H,12H2,1H3,(H,29,31,34)/b16-9-. The van der Waals surface area contributed by atoms with Gasteiger partial charge in [0, 0.05) is 10.0 Å². The lowest BCUT2D eigenvalue weighted by Crippen LogP contribution is -2.54. The third-order valence-electron chi connectivity index (χ3n) is 5.57. The molecule has 0 radical (unpaired) electrons. The van der Waals surface area contributed by atoms with E-state index < -0.39 is 23.8 Å². The van der Waals surface area contributed by atoms with Crippen molar-refractivity contribution in [2.75, 3.05) is 18.8 Å². The number of fused-ring (bicyclic) bond motifs is 1. The zero-order chi connectivity index (χ0) is 27.0. The van der Waals surface area contributed by atoms with Gasteiger partial charge in [0.15, 0.2) is 17.2 Å². The number of anilines is 1. The van der Waals surface area contributed by atoms with Crippen LogP contribution in [-0.4, -0.2) is 37.7 Å². The van der Waals surface area contributed by atoms with Crippen LogP contribution in [0.2, 0.25) is 0 Å². The zero-order valence-electron chi connectivity index (χ0n) is 19.4. The van der Waals surface area contributed by atoms with Crippen molar-refractivity contribution in [2.24, 2.45) is 0 Å². The Morgan fingerprint density at radius 3 is 2.58 bits per heavy atom. The number of nitrogens with zero attached hydrogens (tertiary/aromatic N) is 1. The number of amides is 4. The molecule has 192 valence electrons. The number of carbonyl (C=O) groups excluding carboxylic acids is 4. The maximum atomic E-state index is 13.4. The highest BCUT2D eigenvalue weighted by atomic mass is 79.9. The van der Waals surface area contributed by atoms with E-state index in [1.807, 2.05) is 0 Å². The Bertz CT molecular complexity index is 1550. The van der Waals surface area contributed by atoms with Crippen molar-refractivity contribution in [1.82, 2.24) is 5.32 Å². The van der Waals surface area contributed by atoms with Crippen molar-refractivity contribution < 1.29 is 38.1 Å². The smallest absolute Gasteiger partial charge is 0.343 e. The monoisotopic (exact) mass is 642 g/mol. The van der Waals surface area contributed by atoms with Crippen LogP contribution in [0.4, 0.5) is 10.5 Å². The lowest BCUT2D eigenvalue weighted by Gasteiger charge is -2.27. The molecule has 0 spiro atoms. The van der Waals surface area contributed by atoms with Crippen LogP contribution in [-0.2, 0) is 9.59 Å². The van der Waals surface area contributed by atoms with Gasteiger partial charge in [0.25, 0.3) is 11.8 Å². The zero-order valence-corrected chi connectivity index (χ0v) is 22.6. The summed E-state index contributed by atoms with van der Waals surface area (Å²) in [5.41, 5.74) is 0.205. The van der Waals surface area contributed by atoms with E-state index >= 15 is 0 Å². The van der Waals surface area contributed by atoms with Gasteiger partial charge in [0.2, 0.25) is 6.79 Å². The molecule has 0 saturated carbocycles. The predicted octanol–water partition coefficient (Wildman–Crippen LogP) is 4.83. The van der Waals surface area contributed by atoms with E-state index in [1.54, 1.807) is 36.4 Å². The summed E-state index contributed by atoms with van der Waals surface area (Å²) in [6, 6.07) is 13.3. The van der Waals surface area contributed by atoms with E-state index in [2.05, 4.69) is 37.2 Å².